The van der Waals surface area contributed by atoms with Crippen LogP contribution in [0, 0.1) is 6.92 Å². The van der Waals surface area contributed by atoms with E-state index in [0.29, 0.717) is 22.0 Å². The monoisotopic (exact) mass is 377 g/mol. The van der Waals surface area contributed by atoms with Crippen LogP contribution in [0.2, 0.25) is 0 Å². The number of aryl methyl sites for hydroxylation is 1. The molecule has 0 unspecified atom stereocenters. The summed E-state index contributed by atoms with van der Waals surface area (Å²) < 4.78 is 9.87. The second-order valence-corrected chi connectivity index (χ2v) is 6.22. The van der Waals surface area contributed by atoms with Gasteiger partial charge in [0.1, 0.15) is 11.3 Å². The second kappa shape index (κ2) is 6.66. The minimum atomic E-state index is -0.537. The maximum atomic E-state index is 12.4. The summed E-state index contributed by atoms with van der Waals surface area (Å²) in [6.45, 7) is 1.88. The van der Waals surface area contributed by atoms with E-state index in [2.05, 4.69) is 19.9 Å². The van der Waals surface area contributed by atoms with Gasteiger partial charge in [-0.25, -0.2) is 4.79 Å². The summed E-state index contributed by atoms with van der Waals surface area (Å²) in [4.78, 5) is 30.9. The maximum Gasteiger partial charge on any atom is 0.337 e. The average molecular weight is 377 g/mol. The van der Waals surface area contributed by atoms with Crippen molar-refractivity contribution in [2.45, 2.75) is 6.92 Å². The van der Waals surface area contributed by atoms with Crippen LogP contribution in [0.25, 0.3) is 33.7 Å². The van der Waals surface area contributed by atoms with E-state index in [1.807, 2.05) is 13.0 Å². The molecule has 4 aromatic rings. The lowest BCUT2D eigenvalue weighted by atomic mass is 10.1. The van der Waals surface area contributed by atoms with Gasteiger partial charge < -0.3 is 19.4 Å². The van der Waals surface area contributed by atoms with Gasteiger partial charge in [-0.1, -0.05) is 28.9 Å². The van der Waals surface area contributed by atoms with E-state index in [-0.39, 0.29) is 23.0 Å². The molecule has 0 aliphatic rings. The third-order valence-electron chi connectivity index (χ3n) is 4.35. The summed E-state index contributed by atoms with van der Waals surface area (Å²) in [6, 6.07) is 11.7. The highest BCUT2D eigenvalue weighted by atomic mass is 16.5. The van der Waals surface area contributed by atoms with Gasteiger partial charge in [0.25, 0.3) is 11.4 Å². The Balaban J connectivity index is 1.77. The largest absolute Gasteiger partial charge is 0.506 e. The van der Waals surface area contributed by atoms with Crippen LogP contribution >= 0.6 is 0 Å². The van der Waals surface area contributed by atoms with E-state index in [9.17, 15) is 14.7 Å². The molecule has 0 amide bonds. The molecule has 0 aliphatic carbocycles. The highest BCUT2D eigenvalue weighted by Crippen LogP contribution is 2.32. The Morgan fingerprint density at radius 2 is 1.93 bits per heavy atom. The molecule has 0 fully saturated rings. The molecule has 140 valence electrons. The van der Waals surface area contributed by atoms with Crippen LogP contribution in [0.4, 0.5) is 0 Å². The molecular weight excluding hydrogens is 362 g/mol. The maximum absolute atomic E-state index is 12.4. The van der Waals surface area contributed by atoms with Gasteiger partial charge in [0.15, 0.2) is 0 Å². The molecule has 0 saturated carbocycles. The number of pyridine rings is 1. The third kappa shape index (κ3) is 2.90. The van der Waals surface area contributed by atoms with Gasteiger partial charge in [-0.05, 0) is 31.2 Å². The fraction of sp³-hybridized carbons (Fsp3) is 0.100. The zero-order valence-electron chi connectivity index (χ0n) is 15.0. The van der Waals surface area contributed by atoms with Crippen molar-refractivity contribution < 1.29 is 19.2 Å². The van der Waals surface area contributed by atoms with Gasteiger partial charge in [-0.3, -0.25) is 4.79 Å². The Hall–Kier alpha value is -3.94. The van der Waals surface area contributed by atoms with Crippen LogP contribution in [-0.2, 0) is 4.74 Å². The van der Waals surface area contributed by atoms with Crippen molar-refractivity contribution in [2.24, 2.45) is 0 Å². The Kier molecular flexibility index (Phi) is 4.15. The van der Waals surface area contributed by atoms with Crippen LogP contribution in [0.3, 0.4) is 0 Å². The van der Waals surface area contributed by atoms with Gasteiger partial charge >= 0.3 is 5.97 Å². The number of hydrogen-bond acceptors (Lipinski definition) is 7. The summed E-state index contributed by atoms with van der Waals surface area (Å²) in [5.74, 6) is -0.564. The average Bonchev–Trinajstić information content (AvgIpc) is 3.18. The van der Waals surface area contributed by atoms with E-state index in [1.165, 1.54) is 7.11 Å². The summed E-state index contributed by atoms with van der Waals surface area (Å²) >= 11 is 0. The number of fused-ring (bicyclic) bond motifs is 1. The molecule has 2 heterocycles. The molecule has 2 aromatic heterocycles. The van der Waals surface area contributed by atoms with Crippen molar-refractivity contribution in [2.75, 3.05) is 7.11 Å². The first kappa shape index (κ1) is 17.5. The number of rotatable bonds is 3. The van der Waals surface area contributed by atoms with E-state index in [4.69, 9.17) is 4.52 Å². The number of carbonyl (C=O) groups excluding carboxylic acids is 1. The summed E-state index contributed by atoms with van der Waals surface area (Å²) in [5, 5.41) is 15.0. The number of hydrogen-bond donors (Lipinski definition) is 2. The summed E-state index contributed by atoms with van der Waals surface area (Å²) in [6.07, 6.45) is 0. The second-order valence-electron chi connectivity index (χ2n) is 6.22. The fourth-order valence-electron chi connectivity index (χ4n) is 2.90. The van der Waals surface area contributed by atoms with Gasteiger partial charge in [-0.2, -0.15) is 4.98 Å². The molecule has 0 atom stereocenters. The lowest BCUT2D eigenvalue weighted by Gasteiger charge is -2.05. The fourth-order valence-corrected chi connectivity index (χ4v) is 2.90. The number of carbonyl (C=O) groups is 1. The SMILES string of the molecule is COC(=O)c1ccc(-c2noc(-c3c(O)c4cc(C)ccc4[nH]c3=O)n2)cc1. The molecule has 0 saturated heterocycles. The molecule has 2 aromatic carbocycles. The van der Waals surface area contributed by atoms with Crippen molar-refractivity contribution in [3.8, 4) is 28.6 Å². The van der Waals surface area contributed by atoms with Crippen LogP contribution in [0.15, 0.2) is 51.8 Å². The number of aromatic hydroxyl groups is 1. The number of benzene rings is 2. The van der Waals surface area contributed by atoms with E-state index >= 15 is 0 Å². The van der Waals surface area contributed by atoms with Gasteiger partial charge in [0, 0.05) is 10.9 Å². The Morgan fingerprint density at radius 3 is 2.64 bits per heavy atom. The smallest absolute Gasteiger partial charge is 0.337 e. The molecule has 0 radical (unpaired) electrons. The lowest BCUT2D eigenvalue weighted by Crippen LogP contribution is -2.09. The Labute approximate surface area is 158 Å². The lowest BCUT2D eigenvalue weighted by molar-refractivity contribution is 0.0600. The highest BCUT2D eigenvalue weighted by Gasteiger charge is 2.20. The highest BCUT2D eigenvalue weighted by molar-refractivity contribution is 5.91. The van der Waals surface area contributed by atoms with E-state index < -0.39 is 11.5 Å². The molecule has 0 bridgehead atoms. The number of methoxy groups -OCH3 is 1. The third-order valence-corrected chi connectivity index (χ3v) is 4.35. The van der Waals surface area contributed by atoms with Crippen molar-refractivity contribution in [1.29, 1.82) is 0 Å². The standard InChI is InChI=1S/C20H15N3O5/c1-10-3-8-14-13(9-10)16(24)15(18(25)21-14)19-22-17(23-28-19)11-4-6-12(7-5-11)20(26)27-2/h3-9H,1-2H3,(H2,21,24,25). The van der Waals surface area contributed by atoms with Crippen molar-refractivity contribution >= 4 is 16.9 Å². The summed E-state index contributed by atoms with van der Waals surface area (Å²) in [7, 11) is 1.30. The number of aromatic amines is 1. The van der Waals surface area contributed by atoms with Crippen molar-refractivity contribution in [3.05, 3.63) is 63.9 Å². The van der Waals surface area contributed by atoms with Crippen LogP contribution in [0.1, 0.15) is 15.9 Å². The number of H-pyrrole nitrogens is 1. The van der Waals surface area contributed by atoms with E-state index in [0.717, 1.165) is 5.56 Å². The first-order valence-electron chi connectivity index (χ1n) is 8.36. The number of nitrogens with zero attached hydrogens (tertiary/aromatic N) is 2. The van der Waals surface area contributed by atoms with Crippen LogP contribution in [-0.4, -0.2) is 33.3 Å². The van der Waals surface area contributed by atoms with Gasteiger partial charge in [0.05, 0.1) is 18.2 Å². The zero-order chi connectivity index (χ0) is 19.8. The van der Waals surface area contributed by atoms with E-state index in [1.54, 1.807) is 36.4 Å². The minimum Gasteiger partial charge on any atom is -0.506 e. The summed E-state index contributed by atoms with van der Waals surface area (Å²) in [5.41, 5.74) is 1.77. The first-order chi connectivity index (χ1) is 13.5. The number of aromatic nitrogens is 3. The number of nitrogens with one attached hydrogen (secondary N) is 1. The van der Waals surface area contributed by atoms with Crippen molar-refractivity contribution in [3.63, 3.8) is 0 Å². The first-order valence-corrected chi connectivity index (χ1v) is 8.36. The normalized spacial score (nSPS) is 10.9. The van der Waals surface area contributed by atoms with Crippen molar-refractivity contribution in [1.82, 2.24) is 15.1 Å². The molecule has 28 heavy (non-hydrogen) atoms. The molecular formula is C20H15N3O5. The minimum absolute atomic E-state index is 0.0944. The predicted octanol–water partition coefficient (Wildman–Crippen LogP) is 3.05. The molecule has 4 rings (SSSR count). The Morgan fingerprint density at radius 1 is 1.18 bits per heavy atom. The zero-order valence-corrected chi connectivity index (χ0v) is 15.0. The quantitative estimate of drug-likeness (QED) is 0.527. The van der Waals surface area contributed by atoms with Gasteiger partial charge in [-0.15, -0.1) is 0 Å². The Bertz CT molecular complexity index is 1260. The number of ether oxygens (including phenoxy) is 1. The molecule has 0 spiro atoms. The molecule has 0 aliphatic heterocycles. The molecule has 2 N–H and O–H groups in total. The van der Waals surface area contributed by atoms with Crippen LogP contribution in [0.5, 0.6) is 5.75 Å². The topological polar surface area (TPSA) is 118 Å². The number of esters is 1. The molecule has 8 heteroatoms. The molecule has 8 nitrogen and oxygen atoms in total. The predicted molar refractivity (Wildman–Crippen MR) is 101 cm³/mol. The van der Waals surface area contributed by atoms with Crippen LogP contribution < -0.4 is 5.56 Å². The van der Waals surface area contributed by atoms with Gasteiger partial charge in [0.2, 0.25) is 5.82 Å².